The number of nitriles is 1. The van der Waals surface area contributed by atoms with Crippen molar-refractivity contribution in [3.05, 3.63) is 28.8 Å². The van der Waals surface area contributed by atoms with E-state index in [9.17, 15) is 0 Å². The summed E-state index contributed by atoms with van der Waals surface area (Å²) in [5.41, 5.74) is 1.57. The van der Waals surface area contributed by atoms with Gasteiger partial charge in [0.1, 0.15) is 6.07 Å². The molecule has 1 N–H and O–H groups in total. The molecule has 0 aromatic heterocycles. The summed E-state index contributed by atoms with van der Waals surface area (Å²) < 4.78 is 0. The van der Waals surface area contributed by atoms with Crippen LogP contribution in [0, 0.1) is 16.7 Å². The van der Waals surface area contributed by atoms with Crippen LogP contribution in [-0.2, 0) is 0 Å². The predicted molar refractivity (Wildman–Crippen MR) is 68.7 cm³/mol. The molecule has 1 aromatic carbocycles. The van der Waals surface area contributed by atoms with Gasteiger partial charge in [0.05, 0.1) is 11.3 Å². The average Bonchev–Trinajstić information content (AvgIpc) is 2.19. The number of hydrogen-bond donors (Lipinski definition) is 1. The Balaban J connectivity index is 2.95. The Morgan fingerprint density at radius 2 is 2.00 bits per heavy atom. The Morgan fingerprint density at radius 1 is 1.38 bits per heavy atom. The smallest absolute Gasteiger partial charge is 0.101 e. The number of nitrogens with zero attached hydrogens (tertiary/aromatic N) is 1. The van der Waals surface area contributed by atoms with E-state index in [2.05, 4.69) is 39.1 Å². The summed E-state index contributed by atoms with van der Waals surface area (Å²) in [6.45, 7) is 8.58. The number of rotatable bonds is 2. The molecule has 1 rings (SSSR count). The van der Waals surface area contributed by atoms with Crippen molar-refractivity contribution in [2.75, 3.05) is 5.32 Å². The molecule has 86 valence electrons. The van der Waals surface area contributed by atoms with Crippen LogP contribution in [-0.4, -0.2) is 6.04 Å². The molecule has 16 heavy (non-hydrogen) atoms. The zero-order valence-corrected chi connectivity index (χ0v) is 10.9. The molecule has 1 atom stereocenters. The van der Waals surface area contributed by atoms with Gasteiger partial charge in [0.15, 0.2) is 0 Å². The van der Waals surface area contributed by atoms with Crippen molar-refractivity contribution in [3.63, 3.8) is 0 Å². The predicted octanol–water partition coefficient (Wildman–Crippen LogP) is 4.06. The van der Waals surface area contributed by atoms with Crippen molar-refractivity contribution in [3.8, 4) is 6.07 Å². The molecule has 0 spiro atoms. The second-order valence-electron chi connectivity index (χ2n) is 5.03. The lowest BCUT2D eigenvalue weighted by molar-refractivity contribution is 0.359. The van der Waals surface area contributed by atoms with Gasteiger partial charge in [0.2, 0.25) is 0 Å². The summed E-state index contributed by atoms with van der Waals surface area (Å²) in [4.78, 5) is 0. The minimum atomic E-state index is 0.145. The maximum Gasteiger partial charge on any atom is 0.101 e. The normalized spacial score (nSPS) is 13.0. The molecule has 0 aliphatic rings. The van der Waals surface area contributed by atoms with Crippen LogP contribution < -0.4 is 5.32 Å². The maximum atomic E-state index is 9.01. The van der Waals surface area contributed by atoms with E-state index < -0.39 is 0 Å². The summed E-state index contributed by atoms with van der Waals surface area (Å²) >= 11 is 5.84. The average molecular weight is 237 g/mol. The van der Waals surface area contributed by atoms with Crippen LogP contribution in [0.4, 0.5) is 5.69 Å². The molecule has 0 saturated heterocycles. The highest BCUT2D eigenvalue weighted by Gasteiger charge is 2.20. The standard InChI is InChI=1S/C13H17ClN2/c1-9(13(2,3)4)16-12-6-5-11(14)7-10(12)8-15/h5-7,9,16H,1-4H3. The Morgan fingerprint density at radius 3 is 2.50 bits per heavy atom. The molecule has 0 aliphatic heterocycles. The van der Waals surface area contributed by atoms with Gasteiger partial charge in [-0.2, -0.15) is 5.26 Å². The largest absolute Gasteiger partial charge is 0.381 e. The van der Waals surface area contributed by atoms with Gasteiger partial charge in [0.25, 0.3) is 0 Å². The van der Waals surface area contributed by atoms with E-state index >= 15 is 0 Å². The lowest BCUT2D eigenvalue weighted by Gasteiger charge is -2.29. The highest BCUT2D eigenvalue weighted by Crippen LogP contribution is 2.26. The molecule has 0 saturated carbocycles. The first-order valence-electron chi connectivity index (χ1n) is 5.31. The van der Waals surface area contributed by atoms with E-state index in [-0.39, 0.29) is 11.5 Å². The molecule has 0 fully saturated rings. The fourth-order valence-electron chi connectivity index (χ4n) is 1.18. The second-order valence-corrected chi connectivity index (χ2v) is 5.47. The maximum absolute atomic E-state index is 9.01. The third-order valence-corrected chi connectivity index (χ3v) is 3.01. The van der Waals surface area contributed by atoms with E-state index in [0.29, 0.717) is 10.6 Å². The quantitative estimate of drug-likeness (QED) is 0.841. The third-order valence-electron chi connectivity index (χ3n) is 2.77. The molecule has 0 amide bonds. The molecular weight excluding hydrogens is 220 g/mol. The molecule has 1 unspecified atom stereocenters. The Hall–Kier alpha value is -1.20. The van der Waals surface area contributed by atoms with E-state index in [1.807, 2.05) is 6.07 Å². The van der Waals surface area contributed by atoms with E-state index in [4.69, 9.17) is 16.9 Å². The second kappa shape index (κ2) is 4.76. The number of halogens is 1. The van der Waals surface area contributed by atoms with Gasteiger partial charge in [0, 0.05) is 11.1 Å². The van der Waals surface area contributed by atoms with Crippen LogP contribution in [0.1, 0.15) is 33.3 Å². The van der Waals surface area contributed by atoms with Crippen LogP contribution in [0.5, 0.6) is 0 Å². The minimum Gasteiger partial charge on any atom is -0.381 e. The van der Waals surface area contributed by atoms with Crippen LogP contribution in [0.25, 0.3) is 0 Å². The lowest BCUT2D eigenvalue weighted by atomic mass is 9.88. The van der Waals surface area contributed by atoms with Crippen LogP contribution in [0.15, 0.2) is 18.2 Å². The summed E-state index contributed by atoms with van der Waals surface area (Å²) in [5.74, 6) is 0. The van der Waals surface area contributed by atoms with Gasteiger partial charge in [-0.15, -0.1) is 0 Å². The highest BCUT2D eigenvalue weighted by molar-refractivity contribution is 6.30. The molecule has 0 aliphatic carbocycles. The summed E-state index contributed by atoms with van der Waals surface area (Å²) in [6, 6.07) is 7.75. The van der Waals surface area contributed by atoms with Crippen molar-refractivity contribution in [1.82, 2.24) is 0 Å². The molecule has 3 heteroatoms. The first-order chi connectivity index (χ1) is 7.34. The summed E-state index contributed by atoms with van der Waals surface area (Å²) in [5, 5.41) is 12.9. The number of hydrogen-bond acceptors (Lipinski definition) is 2. The Bertz CT molecular complexity index is 413. The molecule has 1 aromatic rings. The van der Waals surface area contributed by atoms with Crippen LogP contribution in [0.2, 0.25) is 5.02 Å². The minimum absolute atomic E-state index is 0.145. The van der Waals surface area contributed by atoms with Crippen molar-refractivity contribution in [2.45, 2.75) is 33.7 Å². The zero-order valence-electron chi connectivity index (χ0n) is 10.1. The monoisotopic (exact) mass is 236 g/mol. The highest BCUT2D eigenvalue weighted by atomic mass is 35.5. The number of nitrogens with one attached hydrogen (secondary N) is 1. The lowest BCUT2D eigenvalue weighted by Crippen LogP contribution is -2.31. The van der Waals surface area contributed by atoms with Gasteiger partial charge in [-0.3, -0.25) is 0 Å². The van der Waals surface area contributed by atoms with E-state index in [0.717, 1.165) is 5.69 Å². The summed E-state index contributed by atoms with van der Waals surface area (Å²) in [7, 11) is 0. The van der Waals surface area contributed by atoms with Crippen LogP contribution >= 0.6 is 11.6 Å². The SMILES string of the molecule is CC(Nc1ccc(Cl)cc1C#N)C(C)(C)C. The van der Waals surface area contributed by atoms with Crippen molar-refractivity contribution >= 4 is 17.3 Å². The van der Waals surface area contributed by atoms with Gasteiger partial charge in [-0.25, -0.2) is 0 Å². The topological polar surface area (TPSA) is 35.8 Å². The molecule has 0 bridgehead atoms. The molecular formula is C13H17ClN2. The summed E-state index contributed by atoms with van der Waals surface area (Å²) in [6.07, 6.45) is 0. The van der Waals surface area contributed by atoms with Crippen LogP contribution in [0.3, 0.4) is 0 Å². The van der Waals surface area contributed by atoms with Crippen molar-refractivity contribution < 1.29 is 0 Å². The Kier molecular flexibility index (Phi) is 3.83. The first-order valence-corrected chi connectivity index (χ1v) is 5.68. The molecule has 2 nitrogen and oxygen atoms in total. The van der Waals surface area contributed by atoms with Gasteiger partial charge >= 0.3 is 0 Å². The van der Waals surface area contributed by atoms with Gasteiger partial charge in [-0.05, 0) is 30.5 Å². The third kappa shape index (κ3) is 3.15. The molecule has 0 radical (unpaired) electrons. The fourth-order valence-corrected chi connectivity index (χ4v) is 1.36. The fraction of sp³-hybridized carbons (Fsp3) is 0.462. The number of benzene rings is 1. The first kappa shape index (κ1) is 12.9. The van der Waals surface area contributed by atoms with Gasteiger partial charge in [-0.1, -0.05) is 32.4 Å². The van der Waals surface area contributed by atoms with E-state index in [1.54, 1.807) is 12.1 Å². The molecule has 0 heterocycles. The van der Waals surface area contributed by atoms with Gasteiger partial charge < -0.3 is 5.32 Å². The number of anilines is 1. The van der Waals surface area contributed by atoms with Crippen molar-refractivity contribution in [1.29, 1.82) is 5.26 Å². The van der Waals surface area contributed by atoms with E-state index in [1.165, 1.54) is 0 Å². The zero-order chi connectivity index (χ0) is 12.3. The Labute approximate surface area is 102 Å². The van der Waals surface area contributed by atoms with Crippen molar-refractivity contribution in [2.24, 2.45) is 5.41 Å².